The van der Waals surface area contributed by atoms with Crippen LogP contribution in [0.2, 0.25) is 0 Å². The summed E-state index contributed by atoms with van der Waals surface area (Å²) in [5, 5.41) is 0. The lowest BCUT2D eigenvalue weighted by Crippen LogP contribution is -2.20. The first kappa shape index (κ1) is 15.2. The average Bonchev–Trinajstić information content (AvgIpc) is 2.49. The van der Waals surface area contributed by atoms with E-state index in [1.54, 1.807) is 7.11 Å². The van der Waals surface area contributed by atoms with Crippen molar-refractivity contribution in [1.82, 2.24) is 9.97 Å². The Labute approximate surface area is 124 Å². The molecule has 0 aliphatic carbocycles. The monoisotopic (exact) mass is 287 g/mol. The predicted octanol–water partition coefficient (Wildman–Crippen LogP) is 1.85. The number of methoxy groups -OCH3 is 1. The Hall–Kier alpha value is -2.18. The molecule has 6 heteroatoms. The summed E-state index contributed by atoms with van der Waals surface area (Å²) in [4.78, 5) is 10.8. The van der Waals surface area contributed by atoms with Gasteiger partial charge in [0.15, 0.2) is 5.82 Å². The van der Waals surface area contributed by atoms with Crippen molar-refractivity contribution in [3.8, 4) is 0 Å². The molecule has 1 heterocycles. The van der Waals surface area contributed by atoms with Crippen LogP contribution >= 0.6 is 0 Å². The normalized spacial score (nSPS) is 10.5. The molecule has 3 N–H and O–H groups in total. The van der Waals surface area contributed by atoms with Crippen molar-refractivity contribution in [1.29, 1.82) is 0 Å². The maximum atomic E-state index is 5.46. The number of hydrogen-bond acceptors (Lipinski definition) is 6. The van der Waals surface area contributed by atoms with Gasteiger partial charge in [-0.05, 0) is 18.1 Å². The molecule has 21 heavy (non-hydrogen) atoms. The van der Waals surface area contributed by atoms with Crippen LogP contribution in [-0.2, 0) is 17.9 Å². The van der Waals surface area contributed by atoms with Crippen LogP contribution in [0.15, 0.2) is 30.3 Å². The van der Waals surface area contributed by atoms with Crippen molar-refractivity contribution in [3.63, 3.8) is 0 Å². The Balaban J connectivity index is 2.23. The summed E-state index contributed by atoms with van der Waals surface area (Å²) in [6, 6.07) is 10.1. The lowest BCUT2D eigenvalue weighted by Gasteiger charge is -2.20. The number of hydrazine groups is 1. The highest BCUT2D eigenvalue weighted by Crippen LogP contribution is 2.18. The lowest BCUT2D eigenvalue weighted by atomic mass is 10.1. The van der Waals surface area contributed by atoms with Gasteiger partial charge < -0.3 is 15.1 Å². The minimum Gasteiger partial charge on any atom is -0.377 e. The first-order chi connectivity index (χ1) is 10.1. The Morgan fingerprint density at radius 2 is 2.05 bits per heavy atom. The molecular weight excluding hydrogens is 266 g/mol. The van der Waals surface area contributed by atoms with Crippen LogP contribution in [-0.4, -0.2) is 24.1 Å². The fourth-order valence-electron chi connectivity index (χ4n) is 2.07. The summed E-state index contributed by atoms with van der Waals surface area (Å²) < 4.78 is 5.09. The van der Waals surface area contributed by atoms with Gasteiger partial charge in [-0.1, -0.05) is 24.3 Å². The second kappa shape index (κ2) is 7.01. The first-order valence-corrected chi connectivity index (χ1v) is 6.73. The van der Waals surface area contributed by atoms with E-state index in [9.17, 15) is 0 Å². The van der Waals surface area contributed by atoms with E-state index in [1.807, 2.05) is 25.2 Å². The van der Waals surface area contributed by atoms with E-state index < -0.39 is 0 Å². The van der Waals surface area contributed by atoms with Crippen molar-refractivity contribution >= 4 is 11.6 Å². The molecule has 0 bridgehead atoms. The summed E-state index contributed by atoms with van der Waals surface area (Å²) in [7, 11) is 3.61. The molecule has 0 saturated carbocycles. The minimum absolute atomic E-state index is 0.348. The second-order valence-corrected chi connectivity index (χ2v) is 4.89. The number of nitrogens with zero attached hydrogens (tertiary/aromatic N) is 3. The van der Waals surface area contributed by atoms with Gasteiger partial charge >= 0.3 is 0 Å². The molecule has 0 saturated heterocycles. The number of aromatic nitrogens is 2. The van der Waals surface area contributed by atoms with Crippen LogP contribution < -0.4 is 16.2 Å². The van der Waals surface area contributed by atoms with E-state index in [2.05, 4.69) is 39.4 Å². The molecule has 0 atom stereocenters. The number of anilines is 2. The lowest BCUT2D eigenvalue weighted by molar-refractivity contribution is 0.178. The fraction of sp³-hybridized carbons (Fsp3) is 0.333. The maximum Gasteiger partial charge on any atom is 0.158 e. The molecule has 0 aliphatic heterocycles. The highest BCUT2D eigenvalue weighted by Gasteiger charge is 2.09. The number of nitrogens with one attached hydrogen (secondary N) is 1. The van der Waals surface area contributed by atoms with Gasteiger partial charge in [-0.2, -0.15) is 0 Å². The van der Waals surface area contributed by atoms with E-state index in [4.69, 9.17) is 10.6 Å². The smallest absolute Gasteiger partial charge is 0.158 e. The van der Waals surface area contributed by atoms with E-state index in [-0.39, 0.29) is 0 Å². The largest absolute Gasteiger partial charge is 0.377 e. The van der Waals surface area contributed by atoms with E-state index in [0.29, 0.717) is 18.2 Å². The third kappa shape index (κ3) is 3.90. The number of rotatable bonds is 6. The van der Waals surface area contributed by atoms with Crippen LogP contribution in [0, 0.1) is 6.92 Å². The number of benzene rings is 1. The molecule has 112 valence electrons. The summed E-state index contributed by atoms with van der Waals surface area (Å²) in [6.45, 7) is 3.22. The third-order valence-corrected chi connectivity index (χ3v) is 3.24. The van der Waals surface area contributed by atoms with Gasteiger partial charge in [0.25, 0.3) is 0 Å². The van der Waals surface area contributed by atoms with E-state index >= 15 is 0 Å². The minimum atomic E-state index is 0.348. The van der Waals surface area contributed by atoms with E-state index in [0.717, 1.165) is 12.4 Å². The van der Waals surface area contributed by atoms with Gasteiger partial charge in [-0.15, -0.1) is 0 Å². The molecule has 1 aromatic heterocycles. The van der Waals surface area contributed by atoms with Crippen LogP contribution in [0.5, 0.6) is 0 Å². The Morgan fingerprint density at radius 1 is 1.29 bits per heavy atom. The molecule has 0 unspecified atom stereocenters. The quantitative estimate of drug-likeness (QED) is 0.624. The SMILES string of the molecule is COCc1nc(NN)cc(N(C)Cc2ccccc2C)n1. The zero-order chi connectivity index (χ0) is 15.2. The molecule has 6 nitrogen and oxygen atoms in total. The summed E-state index contributed by atoms with van der Waals surface area (Å²) in [5.74, 6) is 7.43. The molecule has 0 aliphatic rings. The van der Waals surface area contributed by atoms with E-state index in [1.165, 1.54) is 11.1 Å². The van der Waals surface area contributed by atoms with Crippen molar-refractivity contribution in [2.45, 2.75) is 20.1 Å². The van der Waals surface area contributed by atoms with Crippen molar-refractivity contribution in [2.24, 2.45) is 5.84 Å². The van der Waals surface area contributed by atoms with Crippen LogP contribution in [0.3, 0.4) is 0 Å². The third-order valence-electron chi connectivity index (χ3n) is 3.24. The molecule has 0 amide bonds. The standard InChI is InChI=1S/C15H21N5O/c1-11-6-4-5-7-12(11)9-20(2)15-8-13(19-16)17-14(18-15)10-21-3/h4-8H,9-10,16H2,1-3H3,(H,17,18,19). The van der Waals surface area contributed by atoms with Crippen LogP contribution in [0.25, 0.3) is 0 Å². The Morgan fingerprint density at radius 3 is 2.71 bits per heavy atom. The van der Waals surface area contributed by atoms with Crippen LogP contribution in [0.4, 0.5) is 11.6 Å². The zero-order valence-corrected chi connectivity index (χ0v) is 12.6. The number of hydrogen-bond donors (Lipinski definition) is 2. The number of aryl methyl sites for hydroxylation is 1. The molecule has 0 radical (unpaired) electrons. The topological polar surface area (TPSA) is 76.3 Å². The van der Waals surface area contributed by atoms with Gasteiger partial charge in [0.05, 0.1) is 0 Å². The van der Waals surface area contributed by atoms with Crippen molar-refractivity contribution in [2.75, 3.05) is 24.5 Å². The predicted molar refractivity (Wildman–Crippen MR) is 83.8 cm³/mol. The van der Waals surface area contributed by atoms with Gasteiger partial charge in [-0.3, -0.25) is 0 Å². The Kier molecular flexibility index (Phi) is 5.08. The fourth-order valence-corrected chi connectivity index (χ4v) is 2.07. The van der Waals surface area contributed by atoms with Crippen molar-refractivity contribution < 1.29 is 4.74 Å². The Bertz CT molecular complexity index is 602. The highest BCUT2D eigenvalue weighted by molar-refractivity contribution is 5.49. The molecule has 0 fully saturated rings. The molecular formula is C15H21N5O. The summed E-state index contributed by atoms with van der Waals surface area (Å²) >= 11 is 0. The number of ether oxygens (including phenoxy) is 1. The van der Waals surface area contributed by atoms with Gasteiger partial charge in [0.2, 0.25) is 0 Å². The highest BCUT2D eigenvalue weighted by atomic mass is 16.5. The maximum absolute atomic E-state index is 5.46. The molecule has 2 aromatic rings. The molecule has 0 spiro atoms. The molecule has 2 rings (SSSR count). The summed E-state index contributed by atoms with van der Waals surface area (Å²) in [6.07, 6.45) is 0. The van der Waals surface area contributed by atoms with Gasteiger partial charge in [0, 0.05) is 26.8 Å². The second-order valence-electron chi connectivity index (χ2n) is 4.89. The number of nitrogens with two attached hydrogens (primary N) is 1. The van der Waals surface area contributed by atoms with Crippen molar-refractivity contribution in [3.05, 3.63) is 47.3 Å². The average molecular weight is 287 g/mol. The number of nitrogen functional groups attached to an aromatic ring is 1. The van der Waals surface area contributed by atoms with Crippen LogP contribution in [0.1, 0.15) is 17.0 Å². The summed E-state index contributed by atoms with van der Waals surface area (Å²) in [5.41, 5.74) is 5.08. The molecule has 1 aromatic carbocycles. The van der Waals surface area contributed by atoms with Gasteiger partial charge in [0.1, 0.15) is 18.2 Å². The first-order valence-electron chi connectivity index (χ1n) is 6.73. The zero-order valence-electron chi connectivity index (χ0n) is 12.6. The van der Waals surface area contributed by atoms with Gasteiger partial charge in [-0.25, -0.2) is 15.8 Å².